The first-order chi connectivity index (χ1) is 11.5. The van der Waals surface area contributed by atoms with Crippen molar-refractivity contribution < 1.29 is 14.4 Å². The number of hydrogen-bond donors (Lipinski definition) is 3. The summed E-state index contributed by atoms with van der Waals surface area (Å²) in [6.45, 7) is 1.91. The van der Waals surface area contributed by atoms with Crippen molar-refractivity contribution in [2.24, 2.45) is 0 Å². The van der Waals surface area contributed by atoms with Gasteiger partial charge in [-0.2, -0.15) is 0 Å². The number of rotatable bonds is 3. The highest BCUT2D eigenvalue weighted by Crippen LogP contribution is 2.08. The van der Waals surface area contributed by atoms with E-state index in [2.05, 4.69) is 10.7 Å². The Morgan fingerprint density at radius 1 is 0.833 bits per heavy atom. The van der Waals surface area contributed by atoms with Gasteiger partial charge in [-0.25, -0.2) is 0 Å². The van der Waals surface area contributed by atoms with Gasteiger partial charge in [0.05, 0.1) is 0 Å². The lowest BCUT2D eigenvalue weighted by atomic mass is 10.2. The normalized spacial score (nSPS) is 10.2. The molecular formula is C18H17N3O3. The van der Waals surface area contributed by atoms with E-state index in [-0.39, 0.29) is 0 Å². The van der Waals surface area contributed by atoms with Crippen LogP contribution >= 0.6 is 0 Å². The van der Waals surface area contributed by atoms with Crippen molar-refractivity contribution in [3.8, 4) is 0 Å². The fourth-order valence-corrected chi connectivity index (χ4v) is 1.78. The van der Waals surface area contributed by atoms with Gasteiger partial charge in [-0.05, 0) is 30.7 Å². The molecule has 0 aliphatic rings. The van der Waals surface area contributed by atoms with Crippen molar-refractivity contribution in [3.05, 3.63) is 71.8 Å². The number of carbonyl (C=O) groups is 3. The smallest absolute Gasteiger partial charge is 0.318 e. The van der Waals surface area contributed by atoms with E-state index in [0.717, 1.165) is 11.1 Å². The van der Waals surface area contributed by atoms with Gasteiger partial charge in [-0.15, -0.1) is 0 Å². The van der Waals surface area contributed by atoms with E-state index in [9.17, 15) is 14.4 Å². The van der Waals surface area contributed by atoms with Gasteiger partial charge in [-0.3, -0.25) is 25.2 Å². The van der Waals surface area contributed by atoms with Crippen molar-refractivity contribution in [1.29, 1.82) is 0 Å². The summed E-state index contributed by atoms with van der Waals surface area (Å²) < 4.78 is 0. The highest BCUT2D eigenvalue weighted by atomic mass is 16.2. The minimum absolute atomic E-state index is 0.496. The highest BCUT2D eigenvalue weighted by molar-refractivity contribution is 6.39. The Bertz CT molecular complexity index is 753. The summed E-state index contributed by atoms with van der Waals surface area (Å²) in [6, 6.07) is 16.2. The zero-order valence-electron chi connectivity index (χ0n) is 13.1. The lowest BCUT2D eigenvalue weighted by molar-refractivity contribution is -0.137. The van der Waals surface area contributed by atoms with E-state index < -0.39 is 17.7 Å². The average Bonchev–Trinajstić information content (AvgIpc) is 2.60. The largest absolute Gasteiger partial charge is 0.328 e. The maximum atomic E-state index is 11.7. The van der Waals surface area contributed by atoms with Crippen LogP contribution in [0.2, 0.25) is 0 Å². The minimum atomic E-state index is -0.961. The first kappa shape index (κ1) is 17.0. The predicted octanol–water partition coefficient (Wildman–Crippen LogP) is 1.79. The van der Waals surface area contributed by atoms with Crippen molar-refractivity contribution in [2.75, 3.05) is 5.32 Å². The number of hydrazine groups is 1. The van der Waals surface area contributed by atoms with E-state index in [4.69, 9.17) is 0 Å². The summed E-state index contributed by atoms with van der Waals surface area (Å²) in [6.07, 6.45) is 2.85. The lowest BCUT2D eigenvalue weighted by Crippen LogP contribution is -2.46. The molecule has 0 bridgehead atoms. The van der Waals surface area contributed by atoms with Crippen LogP contribution in [0.3, 0.4) is 0 Å². The van der Waals surface area contributed by atoms with Crippen LogP contribution in [0.15, 0.2) is 60.7 Å². The molecule has 24 heavy (non-hydrogen) atoms. The number of nitrogens with one attached hydrogen (secondary N) is 3. The third-order valence-electron chi connectivity index (χ3n) is 3.04. The predicted molar refractivity (Wildman–Crippen MR) is 91.6 cm³/mol. The molecule has 0 spiro atoms. The summed E-state index contributed by atoms with van der Waals surface area (Å²) in [5.74, 6) is -2.38. The standard InChI is InChI=1S/C18H17N3O3/c1-13-7-10-15(11-8-13)19-17(23)18(24)21-20-16(22)12-9-14-5-3-2-4-6-14/h2-12H,1H3,(H,19,23)(H,20,22)(H,21,24)/b12-9-. The molecule has 3 N–H and O–H groups in total. The summed E-state index contributed by atoms with van der Waals surface area (Å²) >= 11 is 0. The summed E-state index contributed by atoms with van der Waals surface area (Å²) in [5, 5.41) is 2.43. The van der Waals surface area contributed by atoms with Gasteiger partial charge in [0.15, 0.2) is 0 Å². The Balaban J connectivity index is 1.79. The Morgan fingerprint density at radius 2 is 1.50 bits per heavy atom. The Kier molecular flexibility index (Phi) is 5.85. The quantitative estimate of drug-likeness (QED) is 0.457. The van der Waals surface area contributed by atoms with E-state index in [1.807, 2.05) is 54.8 Å². The molecule has 122 valence electrons. The molecule has 0 aromatic heterocycles. The molecule has 0 unspecified atom stereocenters. The molecule has 0 heterocycles. The third kappa shape index (κ3) is 5.42. The van der Waals surface area contributed by atoms with Crippen molar-refractivity contribution in [3.63, 3.8) is 0 Å². The van der Waals surface area contributed by atoms with Crippen molar-refractivity contribution >= 4 is 29.5 Å². The van der Waals surface area contributed by atoms with Gasteiger partial charge < -0.3 is 5.32 Å². The zero-order valence-corrected chi connectivity index (χ0v) is 13.1. The number of anilines is 1. The van der Waals surface area contributed by atoms with Crippen LogP contribution in [0.25, 0.3) is 6.08 Å². The van der Waals surface area contributed by atoms with Gasteiger partial charge in [-0.1, -0.05) is 48.0 Å². The molecule has 0 saturated heterocycles. The molecule has 0 aliphatic heterocycles. The molecule has 2 aromatic carbocycles. The van der Waals surface area contributed by atoms with Gasteiger partial charge >= 0.3 is 11.8 Å². The second kappa shape index (κ2) is 8.28. The van der Waals surface area contributed by atoms with Crippen LogP contribution in [0, 0.1) is 6.92 Å². The van der Waals surface area contributed by atoms with E-state index in [0.29, 0.717) is 5.69 Å². The van der Waals surface area contributed by atoms with Gasteiger partial charge in [0, 0.05) is 11.8 Å². The van der Waals surface area contributed by atoms with Crippen molar-refractivity contribution in [2.45, 2.75) is 6.92 Å². The SMILES string of the molecule is Cc1ccc(NC(=O)C(=O)NNC(=O)/C=C\c2ccccc2)cc1. The third-order valence-corrected chi connectivity index (χ3v) is 3.04. The molecule has 0 saturated carbocycles. The fraction of sp³-hybridized carbons (Fsp3) is 0.0556. The van der Waals surface area contributed by atoms with Crippen LogP contribution in [0.5, 0.6) is 0 Å². The molecule has 0 fully saturated rings. The Hall–Kier alpha value is -3.41. The Labute approximate surface area is 139 Å². The van der Waals surface area contributed by atoms with E-state index in [1.165, 1.54) is 6.08 Å². The van der Waals surface area contributed by atoms with Crippen LogP contribution in [0.4, 0.5) is 5.69 Å². The van der Waals surface area contributed by atoms with E-state index >= 15 is 0 Å². The second-order valence-corrected chi connectivity index (χ2v) is 5.01. The molecule has 0 radical (unpaired) electrons. The van der Waals surface area contributed by atoms with Crippen LogP contribution in [-0.2, 0) is 14.4 Å². The molecule has 6 heteroatoms. The van der Waals surface area contributed by atoms with Gasteiger partial charge in [0.25, 0.3) is 5.91 Å². The summed E-state index contributed by atoms with van der Waals surface area (Å²) in [7, 11) is 0. The molecule has 0 atom stereocenters. The first-order valence-electron chi connectivity index (χ1n) is 7.26. The second-order valence-electron chi connectivity index (χ2n) is 5.01. The van der Waals surface area contributed by atoms with Crippen LogP contribution < -0.4 is 16.2 Å². The fourth-order valence-electron chi connectivity index (χ4n) is 1.78. The molecular weight excluding hydrogens is 306 g/mol. The summed E-state index contributed by atoms with van der Waals surface area (Å²) in [4.78, 5) is 34.9. The zero-order chi connectivity index (χ0) is 17.4. The van der Waals surface area contributed by atoms with Gasteiger partial charge in [0.2, 0.25) is 0 Å². The highest BCUT2D eigenvalue weighted by Gasteiger charge is 2.13. The number of aryl methyl sites for hydroxylation is 1. The maximum Gasteiger partial charge on any atom is 0.328 e. The molecule has 0 aliphatic carbocycles. The molecule has 6 nitrogen and oxygen atoms in total. The summed E-state index contributed by atoms with van der Waals surface area (Å²) in [5.41, 5.74) is 6.57. The number of hydrogen-bond acceptors (Lipinski definition) is 3. The Morgan fingerprint density at radius 3 is 2.17 bits per heavy atom. The number of carbonyl (C=O) groups excluding carboxylic acids is 3. The van der Waals surface area contributed by atoms with Crippen molar-refractivity contribution in [1.82, 2.24) is 10.9 Å². The molecule has 3 amide bonds. The monoisotopic (exact) mass is 323 g/mol. The molecule has 2 rings (SSSR count). The maximum absolute atomic E-state index is 11.7. The number of amides is 3. The topological polar surface area (TPSA) is 87.3 Å². The van der Waals surface area contributed by atoms with Crippen LogP contribution in [0.1, 0.15) is 11.1 Å². The minimum Gasteiger partial charge on any atom is -0.318 e. The molecule has 2 aromatic rings. The number of benzene rings is 2. The first-order valence-corrected chi connectivity index (χ1v) is 7.26. The average molecular weight is 323 g/mol. The van der Waals surface area contributed by atoms with Gasteiger partial charge in [0.1, 0.15) is 0 Å². The van der Waals surface area contributed by atoms with E-state index in [1.54, 1.807) is 18.2 Å². The lowest BCUT2D eigenvalue weighted by Gasteiger charge is -2.06. The van der Waals surface area contributed by atoms with Crippen LogP contribution in [-0.4, -0.2) is 17.7 Å².